The van der Waals surface area contributed by atoms with E-state index in [1.807, 2.05) is 30.3 Å². The number of fused-ring (bicyclic) bond motifs is 1. The number of aromatic nitrogens is 3. The highest BCUT2D eigenvalue weighted by atomic mass is 32.2. The first-order valence-electron chi connectivity index (χ1n) is 16.9. The fraction of sp³-hybridized carbons (Fsp3) is 0.225. The Morgan fingerprint density at radius 3 is 2.38 bits per heavy atom. The maximum Gasteiger partial charge on any atom is 0.269 e. The Hall–Kier alpha value is -5.24. The van der Waals surface area contributed by atoms with Gasteiger partial charge in [-0.25, -0.2) is 26.2 Å². The number of nitrogens with zero attached hydrogens (tertiary/aromatic N) is 3. The molecule has 53 heavy (non-hydrogen) atoms. The van der Waals surface area contributed by atoms with Crippen LogP contribution in [0.25, 0.3) is 22.2 Å². The van der Waals surface area contributed by atoms with E-state index >= 15 is 0 Å². The van der Waals surface area contributed by atoms with Gasteiger partial charge in [0.2, 0.25) is 9.04 Å². The second kappa shape index (κ2) is 15.0. The van der Waals surface area contributed by atoms with Crippen molar-refractivity contribution in [2.75, 3.05) is 0 Å². The topological polar surface area (TPSA) is 112 Å². The van der Waals surface area contributed by atoms with E-state index in [0.29, 0.717) is 27.6 Å². The summed E-state index contributed by atoms with van der Waals surface area (Å²) >= 11 is 0. The third-order valence-electron chi connectivity index (χ3n) is 8.67. The highest BCUT2D eigenvalue weighted by Crippen LogP contribution is 2.40. The van der Waals surface area contributed by atoms with Gasteiger partial charge in [0.25, 0.3) is 21.5 Å². The molecule has 1 radical (unpaired) electrons. The molecular formula is C40H39F2N4O5SSi. The zero-order chi connectivity index (χ0) is 38.1. The van der Waals surface area contributed by atoms with E-state index in [-0.39, 0.29) is 40.7 Å². The summed E-state index contributed by atoms with van der Waals surface area (Å²) in [5.41, 5.74) is 2.50. The van der Waals surface area contributed by atoms with Crippen LogP contribution in [0.15, 0.2) is 119 Å². The Morgan fingerprint density at radius 1 is 0.925 bits per heavy atom. The lowest BCUT2D eigenvalue weighted by molar-refractivity contribution is 0.0864. The van der Waals surface area contributed by atoms with Gasteiger partial charge in [-0.05, 0) is 89.3 Å². The number of rotatable bonds is 11. The molecule has 6 aromatic rings. The van der Waals surface area contributed by atoms with Crippen molar-refractivity contribution in [3.63, 3.8) is 0 Å². The number of carbonyl (C=O) groups is 1. The van der Waals surface area contributed by atoms with Crippen molar-refractivity contribution in [1.29, 1.82) is 0 Å². The van der Waals surface area contributed by atoms with Gasteiger partial charge in [0.1, 0.15) is 5.56 Å². The largest absolute Gasteiger partial charge is 0.410 e. The average molecular weight is 754 g/mol. The van der Waals surface area contributed by atoms with E-state index < -0.39 is 42.2 Å². The molecule has 3 aromatic heterocycles. The van der Waals surface area contributed by atoms with Crippen LogP contribution in [-0.2, 0) is 27.5 Å². The van der Waals surface area contributed by atoms with Crippen molar-refractivity contribution >= 4 is 36.0 Å². The molecule has 1 amide bonds. The first-order valence-corrected chi connectivity index (χ1v) is 20.8. The second-order valence-electron chi connectivity index (χ2n) is 14.1. The molecule has 1 N–H and O–H groups in total. The second-order valence-corrected chi connectivity index (χ2v) is 17.9. The fourth-order valence-electron chi connectivity index (χ4n) is 6.13. The van der Waals surface area contributed by atoms with Crippen LogP contribution in [0.5, 0.6) is 0 Å². The van der Waals surface area contributed by atoms with Crippen molar-refractivity contribution in [2.24, 2.45) is 5.41 Å². The van der Waals surface area contributed by atoms with Crippen LogP contribution >= 0.6 is 0 Å². The molecule has 1 unspecified atom stereocenters. The lowest BCUT2D eigenvalue weighted by Gasteiger charge is -2.32. The molecule has 0 aliphatic rings. The first-order chi connectivity index (χ1) is 25.1. The molecular weight excluding hydrogens is 715 g/mol. The third kappa shape index (κ3) is 8.07. The molecule has 9 nitrogen and oxygen atoms in total. The molecule has 6 rings (SSSR count). The predicted molar refractivity (Wildman–Crippen MR) is 202 cm³/mol. The molecule has 0 spiro atoms. The zero-order valence-electron chi connectivity index (χ0n) is 29.9. The van der Waals surface area contributed by atoms with Crippen LogP contribution in [0.1, 0.15) is 53.9 Å². The van der Waals surface area contributed by atoms with Crippen LogP contribution in [0, 0.1) is 17.0 Å². The lowest BCUT2D eigenvalue weighted by atomic mass is 9.85. The van der Waals surface area contributed by atoms with Crippen molar-refractivity contribution in [3.8, 4) is 11.1 Å². The summed E-state index contributed by atoms with van der Waals surface area (Å²) < 4.78 is 64.0. The Kier molecular flexibility index (Phi) is 10.6. The third-order valence-corrected chi connectivity index (χ3v) is 11.0. The highest BCUT2D eigenvalue weighted by Gasteiger charge is 2.30. The minimum absolute atomic E-state index is 0.0507. The molecule has 1 atom stereocenters. The lowest BCUT2D eigenvalue weighted by Crippen LogP contribution is -2.32. The molecule has 3 heterocycles. The smallest absolute Gasteiger partial charge is 0.269 e. The predicted octanol–water partition coefficient (Wildman–Crippen LogP) is 7.71. The maximum absolute atomic E-state index is 14.0. The van der Waals surface area contributed by atoms with Gasteiger partial charge in [0.05, 0.1) is 17.5 Å². The van der Waals surface area contributed by atoms with Crippen molar-refractivity contribution < 1.29 is 26.4 Å². The molecule has 3 aromatic carbocycles. The van der Waals surface area contributed by atoms with Gasteiger partial charge in [0.15, 0.2) is 17.3 Å². The van der Waals surface area contributed by atoms with Gasteiger partial charge in [-0.15, -0.1) is 0 Å². The van der Waals surface area contributed by atoms with Gasteiger partial charge >= 0.3 is 0 Å². The molecule has 0 saturated carbocycles. The molecule has 0 saturated heterocycles. The van der Waals surface area contributed by atoms with Gasteiger partial charge in [-0.1, -0.05) is 63.2 Å². The summed E-state index contributed by atoms with van der Waals surface area (Å²) in [4.78, 5) is 31.3. The van der Waals surface area contributed by atoms with Crippen molar-refractivity contribution in [3.05, 3.63) is 154 Å². The quantitative estimate of drug-likeness (QED) is 0.136. The van der Waals surface area contributed by atoms with E-state index in [4.69, 9.17) is 9.41 Å². The van der Waals surface area contributed by atoms with E-state index in [2.05, 4.69) is 39.2 Å². The van der Waals surface area contributed by atoms with Gasteiger partial charge < -0.3 is 14.3 Å². The summed E-state index contributed by atoms with van der Waals surface area (Å²) in [6, 6.07) is 23.8. The van der Waals surface area contributed by atoms with E-state index in [1.165, 1.54) is 45.1 Å². The Morgan fingerprint density at radius 2 is 1.68 bits per heavy atom. The zero-order valence-corrected chi connectivity index (χ0v) is 31.7. The first kappa shape index (κ1) is 37.5. The standard InChI is InChI=1S/C40H39F2N4O5SSi/c1-40(2,3)36(51-53(4)5)29-21-32-33(25-46(37(32)43-23-29)52(49,50)30-13-7-6-8-14-30)28-12-9-11-26(19-28)22-44-38(47)31-15-10-18-45(39(31)48)24-27-16-17-34(41)35(42)20-27/h6-21,23,25,36H,22,24H2,1-5H3,(H,44,47). The van der Waals surface area contributed by atoms with Gasteiger partial charge in [0, 0.05) is 36.1 Å². The van der Waals surface area contributed by atoms with Crippen LogP contribution in [0.2, 0.25) is 13.1 Å². The number of pyridine rings is 2. The minimum atomic E-state index is -4.02. The van der Waals surface area contributed by atoms with E-state index in [9.17, 15) is 26.8 Å². The van der Waals surface area contributed by atoms with E-state index in [0.717, 1.165) is 17.7 Å². The monoisotopic (exact) mass is 753 g/mol. The number of hydrogen-bond donors (Lipinski definition) is 1. The van der Waals surface area contributed by atoms with Gasteiger partial charge in [-0.2, -0.15) is 0 Å². The number of amides is 1. The summed E-state index contributed by atoms with van der Waals surface area (Å²) in [6.45, 7) is 10.4. The Bertz CT molecular complexity index is 2480. The Balaban J connectivity index is 1.34. The molecule has 0 aliphatic carbocycles. The van der Waals surface area contributed by atoms with Crippen LogP contribution in [0.3, 0.4) is 0 Å². The van der Waals surface area contributed by atoms with Crippen LogP contribution in [0.4, 0.5) is 8.78 Å². The van der Waals surface area contributed by atoms with Crippen LogP contribution < -0.4 is 10.9 Å². The molecule has 0 aliphatic heterocycles. The number of nitrogens with one attached hydrogen (secondary N) is 1. The van der Waals surface area contributed by atoms with Gasteiger partial charge in [-0.3, -0.25) is 9.59 Å². The molecule has 0 bridgehead atoms. The van der Waals surface area contributed by atoms with Crippen LogP contribution in [-0.4, -0.2) is 36.9 Å². The molecule has 13 heteroatoms. The minimum Gasteiger partial charge on any atom is -0.410 e. The summed E-state index contributed by atoms with van der Waals surface area (Å²) in [5.74, 6) is -2.63. The van der Waals surface area contributed by atoms with E-state index in [1.54, 1.807) is 30.6 Å². The Labute approximate surface area is 308 Å². The SMILES string of the molecule is C[Si](C)OC(c1cnc2c(c1)c(-c1cccc(CNC(=O)c3cccn(Cc4ccc(F)c(F)c4)c3=O)c1)cn2S(=O)(=O)c1ccccc1)C(C)(C)C. The number of halogens is 2. The maximum atomic E-state index is 14.0. The highest BCUT2D eigenvalue weighted by molar-refractivity contribution is 7.90. The van der Waals surface area contributed by atoms with Crippen molar-refractivity contribution in [2.45, 2.75) is 58.0 Å². The summed E-state index contributed by atoms with van der Waals surface area (Å²) in [5, 5.41) is 3.42. The fourth-order valence-corrected chi connectivity index (χ4v) is 8.44. The number of hydrogen-bond acceptors (Lipinski definition) is 6. The number of carbonyl (C=O) groups excluding carboxylic acids is 1. The summed E-state index contributed by atoms with van der Waals surface area (Å²) in [6.07, 6.45) is 4.44. The molecule has 273 valence electrons. The van der Waals surface area contributed by atoms with Crippen molar-refractivity contribution in [1.82, 2.24) is 18.8 Å². The number of benzene rings is 3. The summed E-state index contributed by atoms with van der Waals surface area (Å²) in [7, 11) is -5.13. The normalized spacial score (nSPS) is 12.7. The average Bonchev–Trinajstić information content (AvgIpc) is 3.52. The molecule has 0 fully saturated rings.